The third-order valence-electron chi connectivity index (χ3n) is 3.89. The van der Waals surface area contributed by atoms with Crippen LogP contribution in [0, 0.1) is 5.82 Å². The molecule has 3 rings (SSSR count). The van der Waals surface area contributed by atoms with Crippen molar-refractivity contribution in [2.24, 2.45) is 0 Å². The second kappa shape index (κ2) is 8.18. The largest absolute Gasteiger partial charge is 0.465 e. The zero-order chi connectivity index (χ0) is 19.4. The van der Waals surface area contributed by atoms with Crippen molar-refractivity contribution in [2.75, 3.05) is 12.4 Å². The average Bonchev–Trinajstić information content (AvgIpc) is 2.68. The normalized spacial score (nSPS) is 10.5. The Morgan fingerprint density at radius 2 is 1.81 bits per heavy atom. The molecule has 0 spiro atoms. The summed E-state index contributed by atoms with van der Waals surface area (Å²) in [6.45, 7) is 0.0310. The SMILES string of the molecule is COC(=O)c1cc(Br)c(F)cc1NC(=O)OCc1ccc2ccccc2c1. The Labute approximate surface area is 163 Å². The number of hydrogen-bond acceptors (Lipinski definition) is 4. The second-order valence-electron chi connectivity index (χ2n) is 5.69. The van der Waals surface area contributed by atoms with Crippen LogP contribution < -0.4 is 5.32 Å². The predicted molar refractivity (Wildman–Crippen MR) is 103 cm³/mol. The summed E-state index contributed by atoms with van der Waals surface area (Å²) in [6.07, 6.45) is -0.810. The number of halogens is 2. The molecule has 5 nitrogen and oxygen atoms in total. The third kappa shape index (κ3) is 4.43. The maximum absolute atomic E-state index is 13.8. The van der Waals surface area contributed by atoms with Crippen molar-refractivity contribution in [2.45, 2.75) is 6.61 Å². The molecule has 7 heteroatoms. The van der Waals surface area contributed by atoms with E-state index in [9.17, 15) is 14.0 Å². The van der Waals surface area contributed by atoms with Gasteiger partial charge in [0.05, 0.1) is 22.8 Å². The van der Waals surface area contributed by atoms with E-state index in [0.29, 0.717) is 0 Å². The molecule has 0 saturated heterocycles. The highest BCUT2D eigenvalue weighted by Gasteiger charge is 2.18. The Morgan fingerprint density at radius 3 is 2.56 bits per heavy atom. The molecule has 0 aliphatic carbocycles. The highest BCUT2D eigenvalue weighted by Crippen LogP contribution is 2.25. The number of nitrogens with one attached hydrogen (secondary N) is 1. The highest BCUT2D eigenvalue weighted by atomic mass is 79.9. The second-order valence-corrected chi connectivity index (χ2v) is 6.54. The van der Waals surface area contributed by atoms with Crippen LogP contribution in [0.1, 0.15) is 15.9 Å². The molecule has 138 valence electrons. The van der Waals surface area contributed by atoms with Gasteiger partial charge in [0, 0.05) is 0 Å². The smallest absolute Gasteiger partial charge is 0.411 e. The van der Waals surface area contributed by atoms with Crippen molar-refractivity contribution >= 4 is 44.5 Å². The number of hydrogen-bond donors (Lipinski definition) is 1. The number of carbonyl (C=O) groups is 2. The first kappa shape index (κ1) is 18.8. The van der Waals surface area contributed by atoms with Crippen LogP contribution in [0.25, 0.3) is 10.8 Å². The fourth-order valence-electron chi connectivity index (χ4n) is 2.55. The standard InChI is InChI=1S/C20H15BrFNO4/c1-26-19(24)15-9-16(21)17(22)10-18(15)23-20(25)27-11-12-6-7-13-4-2-3-5-14(13)8-12/h2-10H,11H2,1H3,(H,23,25). The summed E-state index contributed by atoms with van der Waals surface area (Å²) in [5.41, 5.74) is 0.776. The van der Waals surface area contributed by atoms with Crippen LogP contribution in [-0.2, 0) is 16.1 Å². The molecule has 27 heavy (non-hydrogen) atoms. The Morgan fingerprint density at radius 1 is 1.07 bits per heavy atom. The molecule has 0 aliphatic rings. The molecule has 0 fully saturated rings. The predicted octanol–water partition coefficient (Wildman–Crippen LogP) is 5.28. The van der Waals surface area contributed by atoms with Gasteiger partial charge in [-0.1, -0.05) is 36.4 Å². The van der Waals surface area contributed by atoms with Gasteiger partial charge in [0.2, 0.25) is 0 Å². The van der Waals surface area contributed by atoms with Crippen LogP contribution in [0.4, 0.5) is 14.9 Å². The number of anilines is 1. The summed E-state index contributed by atoms with van der Waals surface area (Å²) in [4.78, 5) is 23.9. The van der Waals surface area contributed by atoms with Crippen molar-refractivity contribution < 1.29 is 23.5 Å². The molecule has 3 aromatic carbocycles. The van der Waals surface area contributed by atoms with Gasteiger partial charge in [-0.15, -0.1) is 0 Å². The van der Waals surface area contributed by atoms with E-state index in [1.165, 1.54) is 13.2 Å². The number of fused-ring (bicyclic) bond motifs is 1. The van der Waals surface area contributed by atoms with E-state index >= 15 is 0 Å². The maximum Gasteiger partial charge on any atom is 0.411 e. The monoisotopic (exact) mass is 431 g/mol. The lowest BCUT2D eigenvalue weighted by atomic mass is 10.1. The maximum atomic E-state index is 13.8. The van der Waals surface area contributed by atoms with Crippen molar-refractivity contribution in [3.05, 3.63) is 76.0 Å². The number of rotatable bonds is 4. The lowest BCUT2D eigenvalue weighted by Gasteiger charge is -2.12. The van der Waals surface area contributed by atoms with Crippen LogP contribution in [0.3, 0.4) is 0 Å². The first-order chi connectivity index (χ1) is 13.0. The van der Waals surface area contributed by atoms with Crippen molar-refractivity contribution in [3.8, 4) is 0 Å². The number of esters is 1. The van der Waals surface area contributed by atoms with Crippen LogP contribution in [0.5, 0.6) is 0 Å². The van der Waals surface area contributed by atoms with E-state index < -0.39 is 17.9 Å². The molecule has 0 saturated carbocycles. The molecule has 1 N–H and O–H groups in total. The molecule has 0 atom stereocenters. The van der Waals surface area contributed by atoms with Crippen LogP contribution >= 0.6 is 15.9 Å². The van der Waals surface area contributed by atoms with E-state index in [2.05, 4.69) is 26.0 Å². The number of methoxy groups -OCH3 is 1. The van der Waals surface area contributed by atoms with Gasteiger partial charge in [-0.3, -0.25) is 5.32 Å². The summed E-state index contributed by atoms with van der Waals surface area (Å²) in [5.74, 6) is -1.34. The minimum atomic E-state index is -0.810. The molecule has 1 amide bonds. The quantitative estimate of drug-likeness (QED) is 0.570. The van der Waals surface area contributed by atoms with Crippen molar-refractivity contribution in [1.29, 1.82) is 0 Å². The van der Waals surface area contributed by atoms with E-state index in [1.54, 1.807) is 0 Å². The number of ether oxygens (including phenoxy) is 2. The van der Waals surface area contributed by atoms with Crippen molar-refractivity contribution in [3.63, 3.8) is 0 Å². The fourth-order valence-corrected chi connectivity index (χ4v) is 2.90. The Bertz CT molecular complexity index is 1020. The molecule has 0 aliphatic heterocycles. The molecular weight excluding hydrogens is 417 g/mol. The van der Waals surface area contributed by atoms with Gasteiger partial charge in [-0.05, 0) is 50.5 Å². The zero-order valence-electron chi connectivity index (χ0n) is 14.3. The Kier molecular flexibility index (Phi) is 5.71. The molecule has 0 radical (unpaired) electrons. The minimum absolute atomic E-state index is 0.00781. The average molecular weight is 432 g/mol. The summed E-state index contributed by atoms with van der Waals surface area (Å²) in [6, 6.07) is 15.8. The molecule has 0 bridgehead atoms. The number of carbonyl (C=O) groups excluding carboxylic acids is 2. The van der Waals surface area contributed by atoms with Crippen molar-refractivity contribution in [1.82, 2.24) is 0 Å². The zero-order valence-corrected chi connectivity index (χ0v) is 15.9. The molecule has 0 aromatic heterocycles. The van der Waals surface area contributed by atoms with E-state index in [-0.39, 0.29) is 22.3 Å². The summed E-state index contributed by atoms with van der Waals surface area (Å²) >= 11 is 3.00. The van der Waals surface area contributed by atoms with Crippen LogP contribution in [0.15, 0.2) is 59.1 Å². The third-order valence-corrected chi connectivity index (χ3v) is 4.49. The van der Waals surface area contributed by atoms with Crippen LogP contribution in [-0.4, -0.2) is 19.2 Å². The van der Waals surface area contributed by atoms with Gasteiger partial charge in [0.25, 0.3) is 0 Å². The lowest BCUT2D eigenvalue weighted by Crippen LogP contribution is -2.17. The molecular formula is C20H15BrFNO4. The van der Waals surface area contributed by atoms with E-state index in [1.807, 2.05) is 42.5 Å². The lowest BCUT2D eigenvalue weighted by molar-refractivity contribution is 0.0601. The summed E-state index contributed by atoms with van der Waals surface area (Å²) in [5, 5.41) is 4.49. The van der Waals surface area contributed by atoms with E-state index in [4.69, 9.17) is 4.74 Å². The minimum Gasteiger partial charge on any atom is -0.465 e. The number of benzene rings is 3. The first-order valence-electron chi connectivity index (χ1n) is 7.97. The van der Waals surface area contributed by atoms with Gasteiger partial charge in [0.1, 0.15) is 12.4 Å². The van der Waals surface area contributed by atoms with Gasteiger partial charge in [-0.25, -0.2) is 14.0 Å². The summed E-state index contributed by atoms with van der Waals surface area (Å²) in [7, 11) is 1.20. The van der Waals surface area contributed by atoms with Gasteiger partial charge in [0.15, 0.2) is 0 Å². The molecule has 3 aromatic rings. The van der Waals surface area contributed by atoms with Gasteiger partial charge >= 0.3 is 12.1 Å². The summed E-state index contributed by atoms with van der Waals surface area (Å²) < 4.78 is 23.7. The van der Waals surface area contributed by atoms with Gasteiger partial charge < -0.3 is 9.47 Å². The first-order valence-corrected chi connectivity index (χ1v) is 8.76. The highest BCUT2D eigenvalue weighted by molar-refractivity contribution is 9.10. The molecule has 0 unspecified atom stereocenters. The van der Waals surface area contributed by atoms with Crippen LogP contribution in [0.2, 0.25) is 0 Å². The Balaban J connectivity index is 1.71. The number of amides is 1. The Hall–Kier alpha value is -2.93. The molecule has 0 heterocycles. The fraction of sp³-hybridized carbons (Fsp3) is 0.100. The van der Waals surface area contributed by atoms with Gasteiger partial charge in [-0.2, -0.15) is 0 Å². The van der Waals surface area contributed by atoms with E-state index in [0.717, 1.165) is 22.4 Å². The topological polar surface area (TPSA) is 64.6 Å².